The molecule has 0 aliphatic rings. The van der Waals surface area contributed by atoms with Gasteiger partial charge in [0.2, 0.25) is 0 Å². The van der Waals surface area contributed by atoms with Crippen molar-refractivity contribution >= 4 is 33.3 Å². The van der Waals surface area contributed by atoms with E-state index in [2.05, 4.69) is 10.3 Å². The van der Waals surface area contributed by atoms with Gasteiger partial charge in [-0.3, -0.25) is 0 Å². The third-order valence-electron chi connectivity index (χ3n) is 6.44. The molecule has 0 amide bonds. The molecule has 5 nitrogen and oxygen atoms in total. The minimum atomic E-state index is -4.40. The molecule has 39 heavy (non-hydrogen) atoms. The summed E-state index contributed by atoms with van der Waals surface area (Å²) in [6.45, 7) is 0.472. The second-order valence-electron chi connectivity index (χ2n) is 9.05. The van der Waals surface area contributed by atoms with Crippen molar-refractivity contribution in [2.45, 2.75) is 19.4 Å². The maximum atomic E-state index is 13.1. The molecule has 9 heteroatoms. The smallest absolute Gasteiger partial charge is 0.370 e. The first-order chi connectivity index (χ1) is 18.8. The van der Waals surface area contributed by atoms with E-state index < -0.39 is 11.7 Å². The van der Waals surface area contributed by atoms with Gasteiger partial charge in [-0.25, -0.2) is 9.67 Å². The number of halogens is 4. The highest BCUT2D eigenvalue weighted by atomic mass is 35.5. The van der Waals surface area contributed by atoms with Gasteiger partial charge < -0.3 is 4.74 Å². The molecule has 0 fully saturated rings. The number of nitrogens with zero attached hydrogens (tertiary/aromatic N) is 4. The molecule has 2 aromatic heterocycles. The van der Waals surface area contributed by atoms with Crippen LogP contribution in [0.2, 0.25) is 5.02 Å². The van der Waals surface area contributed by atoms with E-state index in [0.29, 0.717) is 22.0 Å². The fourth-order valence-corrected chi connectivity index (χ4v) is 4.60. The SMILES string of the molecule is FC(F)(F)c1ccc(-c2cc(COCc3cn(-c4ccc(Cl)cc4)nn3)c3ccc4ccccc4c3n2)cc1. The molecule has 0 spiro atoms. The van der Waals surface area contributed by atoms with E-state index in [1.807, 2.05) is 54.6 Å². The number of aromatic nitrogens is 4. The van der Waals surface area contributed by atoms with E-state index >= 15 is 0 Å². The normalized spacial score (nSPS) is 11.9. The Morgan fingerprint density at radius 1 is 0.821 bits per heavy atom. The van der Waals surface area contributed by atoms with E-state index in [0.717, 1.165) is 45.1 Å². The summed E-state index contributed by atoms with van der Waals surface area (Å²) in [7, 11) is 0. The fourth-order valence-electron chi connectivity index (χ4n) is 4.48. The first-order valence-electron chi connectivity index (χ1n) is 12.1. The van der Waals surface area contributed by atoms with Crippen LogP contribution < -0.4 is 0 Å². The van der Waals surface area contributed by atoms with Crippen molar-refractivity contribution < 1.29 is 17.9 Å². The van der Waals surface area contributed by atoms with Crippen molar-refractivity contribution in [1.82, 2.24) is 20.0 Å². The van der Waals surface area contributed by atoms with Crippen LogP contribution in [0.4, 0.5) is 13.2 Å². The molecule has 0 saturated heterocycles. The Labute approximate surface area is 226 Å². The summed E-state index contributed by atoms with van der Waals surface area (Å²) in [5.74, 6) is 0. The molecule has 0 atom stereocenters. The summed E-state index contributed by atoms with van der Waals surface area (Å²) >= 11 is 5.96. The van der Waals surface area contributed by atoms with Gasteiger partial charge >= 0.3 is 6.18 Å². The van der Waals surface area contributed by atoms with Gasteiger partial charge in [0, 0.05) is 21.4 Å². The molecule has 4 aromatic carbocycles. The van der Waals surface area contributed by atoms with Crippen molar-refractivity contribution in [1.29, 1.82) is 0 Å². The molecule has 0 bridgehead atoms. The lowest BCUT2D eigenvalue weighted by Gasteiger charge is -2.13. The molecule has 0 saturated carbocycles. The highest BCUT2D eigenvalue weighted by Gasteiger charge is 2.30. The number of hydrogen-bond acceptors (Lipinski definition) is 4. The average Bonchev–Trinajstić information content (AvgIpc) is 3.41. The predicted molar refractivity (Wildman–Crippen MR) is 145 cm³/mol. The van der Waals surface area contributed by atoms with Crippen LogP contribution in [0.3, 0.4) is 0 Å². The van der Waals surface area contributed by atoms with E-state index in [-0.39, 0.29) is 13.2 Å². The summed E-state index contributed by atoms with van der Waals surface area (Å²) in [6.07, 6.45) is -2.62. The highest BCUT2D eigenvalue weighted by Crippen LogP contribution is 2.33. The molecular weight excluding hydrogens is 525 g/mol. The summed E-state index contributed by atoms with van der Waals surface area (Å²) in [4.78, 5) is 4.86. The van der Waals surface area contributed by atoms with Gasteiger partial charge in [-0.1, -0.05) is 65.3 Å². The van der Waals surface area contributed by atoms with E-state index in [1.165, 1.54) is 12.1 Å². The molecule has 0 radical (unpaired) electrons. The van der Waals surface area contributed by atoms with E-state index in [1.54, 1.807) is 23.0 Å². The average molecular weight is 545 g/mol. The quantitative estimate of drug-likeness (QED) is 0.199. The first kappa shape index (κ1) is 25.0. The summed E-state index contributed by atoms with van der Waals surface area (Å²) in [5.41, 5.74) is 3.56. The van der Waals surface area contributed by atoms with Gasteiger partial charge in [-0.05, 0) is 53.4 Å². The van der Waals surface area contributed by atoms with Crippen LogP contribution in [-0.4, -0.2) is 20.0 Å². The van der Waals surface area contributed by atoms with Gasteiger partial charge in [-0.2, -0.15) is 13.2 Å². The summed E-state index contributed by atoms with van der Waals surface area (Å²) in [6, 6.07) is 26.1. The van der Waals surface area contributed by atoms with Crippen molar-refractivity contribution in [3.63, 3.8) is 0 Å². The molecule has 0 N–H and O–H groups in total. The first-order valence-corrected chi connectivity index (χ1v) is 12.5. The Balaban J connectivity index is 1.31. The maximum absolute atomic E-state index is 13.1. The third-order valence-corrected chi connectivity index (χ3v) is 6.69. The van der Waals surface area contributed by atoms with Gasteiger partial charge in [0.15, 0.2) is 0 Å². The standard InChI is InChI=1S/C30H20ClF3N4O/c31-23-10-12-25(13-11-23)38-16-24(36-37-38)18-39-17-21-15-28(20-5-8-22(9-6-20)30(32,33)34)35-29-26-4-2-1-3-19(26)7-14-27(21)29/h1-16H,17-18H2. The second kappa shape index (κ2) is 10.1. The number of pyridine rings is 1. The Kier molecular flexibility index (Phi) is 6.50. The third kappa shape index (κ3) is 5.21. The Hall–Kier alpha value is -4.27. The number of rotatable bonds is 6. The number of hydrogen-bond donors (Lipinski definition) is 0. The zero-order valence-corrected chi connectivity index (χ0v) is 21.1. The van der Waals surface area contributed by atoms with Crippen molar-refractivity contribution in [3.8, 4) is 16.9 Å². The molecular formula is C30H20ClF3N4O. The Bertz CT molecular complexity index is 1780. The number of ether oxygens (including phenoxy) is 1. The van der Waals surface area contributed by atoms with Gasteiger partial charge in [0.25, 0.3) is 0 Å². The fraction of sp³-hybridized carbons (Fsp3) is 0.100. The van der Waals surface area contributed by atoms with Crippen molar-refractivity contribution in [2.75, 3.05) is 0 Å². The zero-order valence-electron chi connectivity index (χ0n) is 20.4. The number of alkyl halides is 3. The molecule has 6 aromatic rings. The lowest BCUT2D eigenvalue weighted by atomic mass is 10.00. The van der Waals surface area contributed by atoms with Gasteiger partial charge in [-0.15, -0.1) is 5.10 Å². The molecule has 194 valence electrons. The lowest BCUT2D eigenvalue weighted by molar-refractivity contribution is -0.137. The largest absolute Gasteiger partial charge is 0.416 e. The minimum Gasteiger partial charge on any atom is -0.370 e. The maximum Gasteiger partial charge on any atom is 0.416 e. The zero-order chi connectivity index (χ0) is 27.0. The molecule has 0 unspecified atom stereocenters. The molecule has 0 aliphatic carbocycles. The van der Waals surface area contributed by atoms with E-state index in [9.17, 15) is 13.2 Å². The van der Waals surface area contributed by atoms with Crippen LogP contribution in [0.1, 0.15) is 16.8 Å². The number of benzene rings is 4. The van der Waals surface area contributed by atoms with Crippen LogP contribution >= 0.6 is 11.6 Å². The van der Waals surface area contributed by atoms with Crippen LogP contribution in [-0.2, 0) is 24.1 Å². The minimum absolute atomic E-state index is 0.223. The van der Waals surface area contributed by atoms with Crippen LogP contribution in [0.5, 0.6) is 0 Å². The number of fused-ring (bicyclic) bond motifs is 3. The molecule has 0 aliphatic heterocycles. The molecule has 2 heterocycles. The second-order valence-corrected chi connectivity index (χ2v) is 9.48. The van der Waals surface area contributed by atoms with E-state index in [4.69, 9.17) is 21.3 Å². The Morgan fingerprint density at radius 2 is 1.59 bits per heavy atom. The van der Waals surface area contributed by atoms with Gasteiger partial charge in [0.05, 0.1) is 41.9 Å². The lowest BCUT2D eigenvalue weighted by Crippen LogP contribution is -2.04. The predicted octanol–water partition coefficient (Wildman–Crippen LogP) is 8.02. The van der Waals surface area contributed by atoms with Crippen molar-refractivity contribution in [3.05, 3.63) is 119 Å². The topological polar surface area (TPSA) is 52.8 Å². The summed E-state index contributed by atoms with van der Waals surface area (Å²) in [5, 5.41) is 11.9. The summed E-state index contributed by atoms with van der Waals surface area (Å²) < 4.78 is 47.0. The van der Waals surface area contributed by atoms with Gasteiger partial charge in [0.1, 0.15) is 5.69 Å². The van der Waals surface area contributed by atoms with Crippen LogP contribution in [0.25, 0.3) is 38.6 Å². The Morgan fingerprint density at radius 3 is 2.36 bits per heavy atom. The van der Waals surface area contributed by atoms with Crippen LogP contribution in [0, 0.1) is 0 Å². The highest BCUT2D eigenvalue weighted by molar-refractivity contribution is 6.30. The molecule has 6 rings (SSSR count). The van der Waals surface area contributed by atoms with Crippen molar-refractivity contribution in [2.24, 2.45) is 0 Å². The van der Waals surface area contributed by atoms with Crippen LogP contribution in [0.15, 0.2) is 97.2 Å². The monoisotopic (exact) mass is 544 g/mol.